The number of hydrogen-bond donors (Lipinski definition) is 1. The Kier molecular flexibility index (Phi) is 7.11. The first kappa shape index (κ1) is 16.2. The molecule has 0 bridgehead atoms. The van der Waals surface area contributed by atoms with Gasteiger partial charge in [-0.1, -0.05) is 43.5 Å². The fourth-order valence-electron chi connectivity index (χ4n) is 2.52. The first-order valence-corrected chi connectivity index (χ1v) is 7.51. The van der Waals surface area contributed by atoms with Crippen LogP contribution in [0.15, 0.2) is 18.2 Å². The van der Waals surface area contributed by atoms with Gasteiger partial charge in [-0.15, -0.1) is 0 Å². The highest BCUT2D eigenvalue weighted by atomic mass is 15.1. The number of unbranched alkanes of at least 4 members (excludes halogenated alkanes) is 2. The van der Waals surface area contributed by atoms with E-state index in [-0.39, 0.29) is 0 Å². The molecule has 0 amide bonds. The quantitative estimate of drug-likeness (QED) is 0.719. The van der Waals surface area contributed by atoms with E-state index in [0.29, 0.717) is 6.04 Å². The van der Waals surface area contributed by atoms with Crippen molar-refractivity contribution in [2.75, 3.05) is 27.2 Å². The van der Waals surface area contributed by atoms with Crippen LogP contribution in [0, 0.1) is 13.8 Å². The minimum absolute atomic E-state index is 0.423. The van der Waals surface area contributed by atoms with Gasteiger partial charge in [0.05, 0.1) is 0 Å². The van der Waals surface area contributed by atoms with Gasteiger partial charge >= 0.3 is 0 Å². The van der Waals surface area contributed by atoms with Crippen LogP contribution in [-0.4, -0.2) is 32.1 Å². The van der Waals surface area contributed by atoms with Crippen LogP contribution in [-0.2, 0) is 0 Å². The number of nitrogens with zero attached hydrogens (tertiary/aromatic N) is 1. The van der Waals surface area contributed by atoms with Crippen molar-refractivity contribution in [1.29, 1.82) is 0 Å². The first-order chi connectivity index (χ1) is 9.08. The maximum absolute atomic E-state index is 3.47. The molecular formula is C17H30N2. The predicted molar refractivity (Wildman–Crippen MR) is 84.7 cm³/mol. The summed E-state index contributed by atoms with van der Waals surface area (Å²) in [6, 6.07) is 7.16. The number of likely N-dealkylation sites (N-methyl/N-ethyl adjacent to an activating group) is 2. The molecule has 0 spiro atoms. The molecule has 0 heterocycles. The maximum Gasteiger partial charge on any atom is 0.0449 e. The summed E-state index contributed by atoms with van der Waals surface area (Å²) in [5, 5.41) is 3.47. The van der Waals surface area contributed by atoms with Gasteiger partial charge in [0.2, 0.25) is 0 Å². The average molecular weight is 262 g/mol. The number of hydrogen-bond acceptors (Lipinski definition) is 2. The minimum atomic E-state index is 0.423. The second kappa shape index (κ2) is 8.34. The summed E-state index contributed by atoms with van der Waals surface area (Å²) in [5.41, 5.74) is 4.16. The van der Waals surface area contributed by atoms with E-state index in [0.717, 1.165) is 6.54 Å². The highest BCUT2D eigenvalue weighted by Gasteiger charge is 2.14. The third kappa shape index (κ3) is 5.33. The van der Waals surface area contributed by atoms with Crippen LogP contribution in [0.25, 0.3) is 0 Å². The van der Waals surface area contributed by atoms with Gasteiger partial charge in [0, 0.05) is 12.6 Å². The Hall–Kier alpha value is -0.860. The van der Waals surface area contributed by atoms with Gasteiger partial charge in [-0.05, 0) is 52.0 Å². The molecule has 0 aliphatic rings. The molecule has 1 N–H and O–H groups in total. The molecule has 2 nitrogen and oxygen atoms in total. The molecule has 1 aromatic rings. The molecule has 1 atom stereocenters. The predicted octanol–water partition coefficient (Wildman–Crippen LogP) is 3.69. The fraction of sp³-hybridized carbons (Fsp3) is 0.647. The van der Waals surface area contributed by atoms with Gasteiger partial charge in [0.1, 0.15) is 0 Å². The van der Waals surface area contributed by atoms with Gasteiger partial charge < -0.3 is 10.2 Å². The summed E-state index contributed by atoms with van der Waals surface area (Å²) < 4.78 is 0. The van der Waals surface area contributed by atoms with E-state index in [1.807, 2.05) is 0 Å². The zero-order valence-electron chi connectivity index (χ0n) is 13.3. The molecule has 0 aliphatic heterocycles. The molecule has 0 radical (unpaired) electrons. The van der Waals surface area contributed by atoms with Crippen molar-refractivity contribution in [3.8, 4) is 0 Å². The largest absolute Gasteiger partial charge is 0.312 e. The first-order valence-electron chi connectivity index (χ1n) is 7.51. The van der Waals surface area contributed by atoms with Crippen molar-refractivity contribution < 1.29 is 0 Å². The van der Waals surface area contributed by atoms with Crippen molar-refractivity contribution in [2.45, 2.75) is 46.1 Å². The lowest BCUT2D eigenvalue weighted by Crippen LogP contribution is -2.32. The highest BCUT2D eigenvalue weighted by molar-refractivity contribution is 5.33. The van der Waals surface area contributed by atoms with Crippen LogP contribution in [0.4, 0.5) is 0 Å². The lowest BCUT2D eigenvalue weighted by Gasteiger charge is -2.25. The minimum Gasteiger partial charge on any atom is -0.312 e. The van der Waals surface area contributed by atoms with E-state index in [4.69, 9.17) is 0 Å². The zero-order valence-corrected chi connectivity index (χ0v) is 13.3. The molecule has 0 saturated heterocycles. The lowest BCUT2D eigenvalue weighted by molar-refractivity contribution is 0.290. The fourth-order valence-corrected chi connectivity index (χ4v) is 2.52. The third-order valence-electron chi connectivity index (χ3n) is 3.80. The third-order valence-corrected chi connectivity index (χ3v) is 3.80. The molecule has 1 aromatic carbocycles. The van der Waals surface area contributed by atoms with E-state index in [1.54, 1.807) is 0 Å². The Morgan fingerprint density at radius 3 is 2.58 bits per heavy atom. The SMILES string of the molecule is CCCCCN(C)CC(NC)c1cc(C)ccc1C. The van der Waals surface area contributed by atoms with Gasteiger partial charge in [0.25, 0.3) is 0 Å². The second-order valence-corrected chi connectivity index (χ2v) is 5.67. The molecule has 0 aromatic heterocycles. The van der Waals surface area contributed by atoms with Gasteiger partial charge in [-0.2, -0.15) is 0 Å². The summed E-state index contributed by atoms with van der Waals surface area (Å²) in [6.45, 7) is 8.89. The topological polar surface area (TPSA) is 15.3 Å². The zero-order chi connectivity index (χ0) is 14.3. The standard InChI is InChI=1S/C17H30N2/c1-6-7-8-11-19(5)13-17(18-4)16-12-14(2)9-10-15(16)3/h9-10,12,17-18H,6-8,11,13H2,1-5H3. The lowest BCUT2D eigenvalue weighted by atomic mass is 9.98. The Balaban J connectivity index is 2.64. The Labute approximate surface area is 119 Å². The molecule has 0 saturated carbocycles. The van der Waals surface area contributed by atoms with Crippen molar-refractivity contribution in [3.63, 3.8) is 0 Å². The number of benzene rings is 1. The van der Waals surface area contributed by atoms with Crippen LogP contribution in [0.5, 0.6) is 0 Å². The summed E-state index contributed by atoms with van der Waals surface area (Å²) in [5.74, 6) is 0. The molecule has 1 unspecified atom stereocenters. The maximum atomic E-state index is 3.47. The van der Waals surface area contributed by atoms with Gasteiger partial charge in [-0.25, -0.2) is 0 Å². The highest BCUT2D eigenvalue weighted by Crippen LogP contribution is 2.20. The van der Waals surface area contributed by atoms with Crippen molar-refractivity contribution in [2.24, 2.45) is 0 Å². The van der Waals surface area contributed by atoms with Gasteiger partial charge in [-0.3, -0.25) is 0 Å². The Morgan fingerprint density at radius 2 is 1.95 bits per heavy atom. The monoisotopic (exact) mass is 262 g/mol. The number of nitrogens with one attached hydrogen (secondary N) is 1. The smallest absolute Gasteiger partial charge is 0.0449 e. The Morgan fingerprint density at radius 1 is 1.21 bits per heavy atom. The van der Waals surface area contributed by atoms with E-state index < -0.39 is 0 Å². The molecule has 2 heteroatoms. The number of rotatable bonds is 8. The normalized spacial score (nSPS) is 12.9. The molecule has 0 fully saturated rings. The summed E-state index contributed by atoms with van der Waals surface area (Å²) >= 11 is 0. The van der Waals surface area contributed by atoms with Crippen LogP contribution >= 0.6 is 0 Å². The van der Waals surface area contributed by atoms with E-state index in [1.165, 1.54) is 42.5 Å². The van der Waals surface area contributed by atoms with E-state index in [2.05, 4.69) is 63.3 Å². The van der Waals surface area contributed by atoms with E-state index >= 15 is 0 Å². The van der Waals surface area contributed by atoms with Gasteiger partial charge in [0.15, 0.2) is 0 Å². The second-order valence-electron chi connectivity index (χ2n) is 5.67. The number of aryl methyl sites for hydroxylation is 2. The van der Waals surface area contributed by atoms with E-state index in [9.17, 15) is 0 Å². The molecule has 19 heavy (non-hydrogen) atoms. The van der Waals surface area contributed by atoms with Crippen molar-refractivity contribution in [1.82, 2.24) is 10.2 Å². The molecule has 1 rings (SSSR count). The Bertz CT molecular complexity index is 374. The van der Waals surface area contributed by atoms with Crippen LogP contribution < -0.4 is 5.32 Å². The van der Waals surface area contributed by atoms with Crippen LogP contribution in [0.1, 0.15) is 48.9 Å². The van der Waals surface area contributed by atoms with Crippen molar-refractivity contribution in [3.05, 3.63) is 34.9 Å². The molecule has 108 valence electrons. The summed E-state index contributed by atoms with van der Waals surface area (Å²) in [6.07, 6.45) is 3.93. The van der Waals surface area contributed by atoms with Crippen molar-refractivity contribution >= 4 is 0 Å². The average Bonchev–Trinajstić information content (AvgIpc) is 2.39. The van der Waals surface area contributed by atoms with Crippen LogP contribution in [0.2, 0.25) is 0 Å². The summed E-state index contributed by atoms with van der Waals surface area (Å²) in [4.78, 5) is 2.44. The molecular weight excluding hydrogens is 232 g/mol. The summed E-state index contributed by atoms with van der Waals surface area (Å²) in [7, 11) is 4.29. The van der Waals surface area contributed by atoms with Crippen LogP contribution in [0.3, 0.4) is 0 Å². The molecule has 0 aliphatic carbocycles.